The fourth-order valence-corrected chi connectivity index (χ4v) is 3.77. The van der Waals surface area contributed by atoms with Crippen LogP contribution >= 0.6 is 0 Å². The predicted octanol–water partition coefficient (Wildman–Crippen LogP) is 3.10. The Morgan fingerprint density at radius 2 is 1.60 bits per heavy atom. The van der Waals surface area contributed by atoms with Crippen LogP contribution in [0.5, 0.6) is 11.5 Å². The number of nitrogens with zero attached hydrogens (tertiary/aromatic N) is 3. The van der Waals surface area contributed by atoms with E-state index < -0.39 is 10.0 Å². The second-order valence-electron chi connectivity index (χ2n) is 7.60. The molecule has 3 aromatic carbocycles. The molecule has 35 heavy (non-hydrogen) atoms. The molecule has 0 saturated heterocycles. The molecule has 0 unspecified atom stereocenters. The molecule has 4 rings (SSSR count). The fourth-order valence-electron chi connectivity index (χ4n) is 3.31. The molecule has 0 aliphatic rings. The number of aromatic nitrogens is 3. The molecule has 0 spiro atoms. The van der Waals surface area contributed by atoms with Gasteiger partial charge in [-0.2, -0.15) is 0 Å². The van der Waals surface area contributed by atoms with Gasteiger partial charge in [-0.05, 0) is 48.5 Å². The van der Waals surface area contributed by atoms with Gasteiger partial charge in [0.05, 0.1) is 19.1 Å². The van der Waals surface area contributed by atoms with Gasteiger partial charge in [0, 0.05) is 17.7 Å². The van der Waals surface area contributed by atoms with Crippen molar-refractivity contribution in [3.8, 4) is 28.6 Å². The van der Waals surface area contributed by atoms with E-state index in [4.69, 9.17) is 9.47 Å². The SMILES string of the molecule is COc1ccc(-n2nc(C(=O)c3ccccc3)nc2-c2ccc(OCCNS(C)(=O)=O)cc2)cc1. The monoisotopic (exact) mass is 492 g/mol. The van der Waals surface area contributed by atoms with Crippen molar-refractivity contribution in [2.75, 3.05) is 26.5 Å². The molecule has 180 valence electrons. The molecule has 0 aliphatic heterocycles. The van der Waals surface area contributed by atoms with Crippen LogP contribution in [-0.2, 0) is 10.0 Å². The molecule has 0 amide bonds. The van der Waals surface area contributed by atoms with Gasteiger partial charge in [-0.3, -0.25) is 4.79 Å². The van der Waals surface area contributed by atoms with Crippen LogP contribution in [0.25, 0.3) is 17.1 Å². The standard InChI is InChI=1S/C25H24N4O5S/c1-33-21-14-10-20(11-15-21)29-25(27-24(28-29)23(30)18-6-4-3-5-7-18)19-8-12-22(13-9-19)34-17-16-26-35(2,31)32/h3-15,26H,16-17H2,1-2H3. The van der Waals surface area contributed by atoms with Crippen LogP contribution in [0.1, 0.15) is 16.2 Å². The number of ether oxygens (including phenoxy) is 2. The second kappa shape index (κ2) is 10.5. The number of carbonyl (C=O) groups is 1. The highest BCUT2D eigenvalue weighted by atomic mass is 32.2. The highest BCUT2D eigenvalue weighted by Crippen LogP contribution is 2.25. The minimum absolute atomic E-state index is 0.0780. The van der Waals surface area contributed by atoms with Crippen molar-refractivity contribution in [1.82, 2.24) is 19.5 Å². The Labute approximate surface area is 203 Å². The molecule has 0 radical (unpaired) electrons. The van der Waals surface area contributed by atoms with Crippen LogP contribution in [0.3, 0.4) is 0 Å². The molecular weight excluding hydrogens is 468 g/mol. The Hall–Kier alpha value is -4.02. The van der Waals surface area contributed by atoms with E-state index >= 15 is 0 Å². The predicted molar refractivity (Wildman–Crippen MR) is 132 cm³/mol. The third kappa shape index (κ3) is 6.11. The first-order valence-electron chi connectivity index (χ1n) is 10.7. The molecule has 0 fully saturated rings. The quantitative estimate of drug-likeness (QED) is 0.267. The van der Waals surface area contributed by atoms with Crippen LogP contribution in [0, 0.1) is 0 Å². The number of ketones is 1. The van der Waals surface area contributed by atoms with E-state index in [0.717, 1.165) is 11.8 Å². The number of rotatable bonds is 10. The fraction of sp³-hybridized carbons (Fsp3) is 0.160. The summed E-state index contributed by atoms with van der Waals surface area (Å²) in [6.45, 7) is 0.349. The topological polar surface area (TPSA) is 112 Å². The Kier molecular flexibility index (Phi) is 7.23. The van der Waals surface area contributed by atoms with Gasteiger partial charge in [0.2, 0.25) is 21.6 Å². The van der Waals surface area contributed by atoms with Crippen LogP contribution in [0.15, 0.2) is 78.9 Å². The zero-order valence-corrected chi connectivity index (χ0v) is 20.0. The van der Waals surface area contributed by atoms with Crippen molar-refractivity contribution in [2.24, 2.45) is 0 Å². The molecule has 4 aromatic rings. The number of methoxy groups -OCH3 is 1. The van der Waals surface area contributed by atoms with Crippen molar-refractivity contribution >= 4 is 15.8 Å². The molecule has 9 nitrogen and oxygen atoms in total. The lowest BCUT2D eigenvalue weighted by atomic mass is 10.1. The number of sulfonamides is 1. The Bertz CT molecular complexity index is 1400. The first kappa shape index (κ1) is 24.1. The second-order valence-corrected chi connectivity index (χ2v) is 9.44. The van der Waals surface area contributed by atoms with Crippen LogP contribution in [0.2, 0.25) is 0 Å². The van der Waals surface area contributed by atoms with Gasteiger partial charge in [-0.15, -0.1) is 5.10 Å². The number of nitrogens with one attached hydrogen (secondary N) is 1. The molecule has 0 atom stereocenters. The van der Waals surface area contributed by atoms with Gasteiger partial charge in [0.25, 0.3) is 0 Å². The summed E-state index contributed by atoms with van der Waals surface area (Å²) in [5.41, 5.74) is 1.94. The van der Waals surface area contributed by atoms with Gasteiger partial charge in [0.15, 0.2) is 5.82 Å². The third-order valence-corrected chi connectivity index (χ3v) is 5.74. The minimum atomic E-state index is -3.27. The van der Waals surface area contributed by atoms with E-state index in [1.807, 2.05) is 18.2 Å². The maximum Gasteiger partial charge on any atom is 0.232 e. The van der Waals surface area contributed by atoms with Gasteiger partial charge in [0.1, 0.15) is 18.1 Å². The molecule has 0 saturated carbocycles. The zero-order chi connectivity index (χ0) is 24.8. The summed E-state index contributed by atoms with van der Waals surface area (Å²) in [7, 11) is -1.67. The van der Waals surface area contributed by atoms with Gasteiger partial charge in [-0.25, -0.2) is 22.8 Å². The largest absolute Gasteiger partial charge is 0.497 e. The van der Waals surface area contributed by atoms with Crippen molar-refractivity contribution in [3.05, 3.63) is 90.3 Å². The summed E-state index contributed by atoms with van der Waals surface area (Å²) in [5, 5.41) is 4.51. The number of carbonyl (C=O) groups excluding carboxylic acids is 1. The van der Waals surface area contributed by atoms with E-state index in [2.05, 4.69) is 14.8 Å². The summed E-state index contributed by atoms with van der Waals surface area (Å²) in [6.07, 6.45) is 1.09. The molecule has 0 aliphatic carbocycles. The Morgan fingerprint density at radius 3 is 2.23 bits per heavy atom. The number of hydrogen-bond acceptors (Lipinski definition) is 7. The van der Waals surface area contributed by atoms with E-state index in [0.29, 0.717) is 28.6 Å². The lowest BCUT2D eigenvalue weighted by molar-refractivity contribution is 0.102. The van der Waals surface area contributed by atoms with Crippen molar-refractivity contribution in [2.45, 2.75) is 0 Å². The summed E-state index contributed by atoms with van der Waals surface area (Å²) in [6, 6.07) is 23.3. The first-order valence-corrected chi connectivity index (χ1v) is 12.6. The summed E-state index contributed by atoms with van der Waals surface area (Å²) in [5.74, 6) is 1.55. The summed E-state index contributed by atoms with van der Waals surface area (Å²) >= 11 is 0. The first-order chi connectivity index (χ1) is 16.8. The minimum Gasteiger partial charge on any atom is -0.497 e. The average molecular weight is 493 g/mol. The van der Waals surface area contributed by atoms with E-state index in [1.165, 1.54) is 0 Å². The molecule has 1 aromatic heterocycles. The molecule has 0 bridgehead atoms. The van der Waals surface area contributed by atoms with Crippen LogP contribution < -0.4 is 14.2 Å². The van der Waals surface area contributed by atoms with Gasteiger partial charge >= 0.3 is 0 Å². The molecule has 10 heteroatoms. The zero-order valence-electron chi connectivity index (χ0n) is 19.2. The molecule has 1 N–H and O–H groups in total. The lowest BCUT2D eigenvalue weighted by Crippen LogP contribution is -2.26. The summed E-state index contributed by atoms with van der Waals surface area (Å²) in [4.78, 5) is 17.6. The Morgan fingerprint density at radius 1 is 0.943 bits per heavy atom. The van der Waals surface area contributed by atoms with Crippen molar-refractivity contribution in [1.29, 1.82) is 0 Å². The highest BCUT2D eigenvalue weighted by Gasteiger charge is 2.20. The molecule has 1 heterocycles. The lowest BCUT2D eigenvalue weighted by Gasteiger charge is -2.09. The maximum absolute atomic E-state index is 13.0. The number of benzene rings is 3. The van der Waals surface area contributed by atoms with E-state index in [-0.39, 0.29) is 24.8 Å². The van der Waals surface area contributed by atoms with E-state index in [1.54, 1.807) is 72.5 Å². The van der Waals surface area contributed by atoms with Crippen LogP contribution in [-0.4, -0.2) is 55.5 Å². The Balaban J connectivity index is 1.63. The number of hydrogen-bond donors (Lipinski definition) is 1. The molecular formula is C25H24N4O5S. The average Bonchev–Trinajstić information content (AvgIpc) is 3.32. The smallest absolute Gasteiger partial charge is 0.232 e. The van der Waals surface area contributed by atoms with Crippen molar-refractivity contribution < 1.29 is 22.7 Å². The van der Waals surface area contributed by atoms with E-state index in [9.17, 15) is 13.2 Å². The maximum atomic E-state index is 13.0. The van der Waals surface area contributed by atoms with Crippen molar-refractivity contribution in [3.63, 3.8) is 0 Å². The highest BCUT2D eigenvalue weighted by molar-refractivity contribution is 7.88. The van der Waals surface area contributed by atoms with Gasteiger partial charge in [-0.1, -0.05) is 30.3 Å². The third-order valence-electron chi connectivity index (χ3n) is 5.01. The normalized spacial score (nSPS) is 11.3. The summed E-state index contributed by atoms with van der Waals surface area (Å²) < 4.78 is 37.1. The van der Waals surface area contributed by atoms with Crippen LogP contribution in [0.4, 0.5) is 0 Å². The van der Waals surface area contributed by atoms with Gasteiger partial charge < -0.3 is 9.47 Å².